The minimum absolute atomic E-state index is 0.0255. The molecule has 1 aromatic carbocycles. The Labute approximate surface area is 149 Å². The summed E-state index contributed by atoms with van der Waals surface area (Å²) in [4.78, 5) is 16.0. The van der Waals surface area contributed by atoms with Gasteiger partial charge in [0.05, 0.1) is 11.7 Å². The number of halogens is 3. The molecule has 3 rings (SSSR count). The van der Waals surface area contributed by atoms with E-state index in [1.54, 1.807) is 12.4 Å². The van der Waals surface area contributed by atoms with Crippen LogP contribution in [-0.2, 0) is 11.0 Å². The Morgan fingerprint density at radius 2 is 1.85 bits per heavy atom. The number of nitrogens with one attached hydrogen (secondary N) is 2. The average Bonchev–Trinajstić information content (AvgIpc) is 2.60. The van der Waals surface area contributed by atoms with Gasteiger partial charge in [0.2, 0.25) is 5.91 Å². The highest BCUT2D eigenvalue weighted by Crippen LogP contribution is 2.32. The van der Waals surface area contributed by atoms with Crippen molar-refractivity contribution in [1.82, 2.24) is 15.6 Å². The van der Waals surface area contributed by atoms with Gasteiger partial charge in [-0.25, -0.2) is 0 Å². The molecule has 2 heterocycles. The third kappa shape index (κ3) is 4.04. The highest BCUT2D eigenvalue weighted by molar-refractivity contribution is 5.77. The molecule has 138 valence electrons. The van der Waals surface area contributed by atoms with Crippen molar-refractivity contribution >= 4 is 5.91 Å². The lowest BCUT2D eigenvalue weighted by Gasteiger charge is -2.29. The van der Waals surface area contributed by atoms with E-state index in [1.165, 1.54) is 12.1 Å². The van der Waals surface area contributed by atoms with E-state index in [4.69, 9.17) is 0 Å². The van der Waals surface area contributed by atoms with Crippen LogP contribution in [0.1, 0.15) is 54.5 Å². The Bertz CT molecular complexity index is 789. The monoisotopic (exact) mass is 363 g/mol. The van der Waals surface area contributed by atoms with Gasteiger partial charge in [-0.3, -0.25) is 15.1 Å². The van der Waals surface area contributed by atoms with Gasteiger partial charge in [0.1, 0.15) is 0 Å². The van der Waals surface area contributed by atoms with Gasteiger partial charge in [-0.1, -0.05) is 25.1 Å². The summed E-state index contributed by atoms with van der Waals surface area (Å²) >= 11 is 0. The summed E-state index contributed by atoms with van der Waals surface area (Å²) in [5.74, 6) is -0.137. The SMILES string of the molecule is CC1NC(=O)CC(c2cncc([C@H](C)c3ccc(C(F)(F)F)cc3)c2)N1. The van der Waals surface area contributed by atoms with E-state index in [-0.39, 0.29) is 24.0 Å². The molecule has 2 unspecified atom stereocenters. The fraction of sp³-hybridized carbons (Fsp3) is 0.368. The zero-order valence-corrected chi connectivity index (χ0v) is 14.5. The first-order valence-electron chi connectivity index (χ1n) is 8.41. The van der Waals surface area contributed by atoms with E-state index < -0.39 is 11.7 Å². The Kier molecular flexibility index (Phi) is 5.00. The molecular formula is C19H20F3N3O. The third-order valence-electron chi connectivity index (χ3n) is 4.64. The molecule has 1 fully saturated rings. The molecule has 1 aliphatic heterocycles. The van der Waals surface area contributed by atoms with Crippen molar-refractivity contribution in [3.8, 4) is 0 Å². The second-order valence-corrected chi connectivity index (χ2v) is 6.61. The van der Waals surface area contributed by atoms with Crippen molar-refractivity contribution in [3.63, 3.8) is 0 Å². The van der Waals surface area contributed by atoms with Crippen LogP contribution < -0.4 is 10.6 Å². The minimum Gasteiger partial charge on any atom is -0.341 e. The normalized spacial score (nSPS) is 22.0. The molecule has 0 saturated carbocycles. The standard InChI is InChI=1S/C19H20F3N3O/c1-11(13-3-5-16(6-4-13)19(20,21)22)14-7-15(10-23-9-14)17-8-18(26)25-12(2)24-17/h3-7,9-12,17,24H,8H2,1-2H3,(H,25,26)/t11-,12?,17?/m1/s1. The largest absolute Gasteiger partial charge is 0.416 e. The van der Waals surface area contributed by atoms with Gasteiger partial charge in [-0.15, -0.1) is 0 Å². The van der Waals surface area contributed by atoms with Crippen molar-refractivity contribution in [2.24, 2.45) is 0 Å². The Morgan fingerprint density at radius 1 is 1.15 bits per heavy atom. The molecule has 7 heteroatoms. The van der Waals surface area contributed by atoms with E-state index in [9.17, 15) is 18.0 Å². The highest BCUT2D eigenvalue weighted by Gasteiger charge is 2.30. The van der Waals surface area contributed by atoms with Crippen LogP contribution in [0, 0.1) is 0 Å². The summed E-state index contributed by atoms with van der Waals surface area (Å²) in [6.45, 7) is 3.79. The van der Waals surface area contributed by atoms with Gasteiger partial charge in [-0.2, -0.15) is 13.2 Å². The van der Waals surface area contributed by atoms with Crippen molar-refractivity contribution < 1.29 is 18.0 Å². The predicted octanol–water partition coefficient (Wildman–Crippen LogP) is 3.75. The van der Waals surface area contributed by atoms with Gasteiger partial charge in [0.15, 0.2) is 0 Å². The molecule has 0 radical (unpaired) electrons. The summed E-state index contributed by atoms with van der Waals surface area (Å²) in [5.41, 5.74) is 1.90. The van der Waals surface area contributed by atoms with E-state index in [2.05, 4.69) is 15.6 Å². The van der Waals surface area contributed by atoms with Gasteiger partial charge in [-0.05, 0) is 35.7 Å². The molecule has 3 atom stereocenters. The number of rotatable bonds is 3. The molecule has 1 amide bonds. The maximum Gasteiger partial charge on any atom is 0.416 e. The van der Waals surface area contributed by atoms with Crippen LogP contribution in [0.3, 0.4) is 0 Å². The molecule has 0 aliphatic carbocycles. The predicted molar refractivity (Wildman–Crippen MR) is 91.3 cm³/mol. The molecule has 1 saturated heterocycles. The van der Waals surface area contributed by atoms with Gasteiger partial charge in [0.25, 0.3) is 0 Å². The molecular weight excluding hydrogens is 343 g/mol. The Hall–Kier alpha value is -2.41. The smallest absolute Gasteiger partial charge is 0.341 e. The van der Waals surface area contributed by atoms with Crippen molar-refractivity contribution in [1.29, 1.82) is 0 Å². The fourth-order valence-electron chi connectivity index (χ4n) is 3.16. The van der Waals surface area contributed by atoms with E-state index >= 15 is 0 Å². The lowest BCUT2D eigenvalue weighted by Crippen LogP contribution is -2.51. The molecule has 0 spiro atoms. The van der Waals surface area contributed by atoms with Crippen LogP contribution in [0.15, 0.2) is 42.7 Å². The van der Waals surface area contributed by atoms with Crippen LogP contribution in [0.25, 0.3) is 0 Å². The summed E-state index contributed by atoms with van der Waals surface area (Å²) in [6, 6.07) is 7.00. The van der Waals surface area contributed by atoms with Crippen molar-refractivity contribution in [2.75, 3.05) is 0 Å². The molecule has 1 aromatic heterocycles. The van der Waals surface area contributed by atoms with Crippen molar-refractivity contribution in [3.05, 3.63) is 65.0 Å². The van der Waals surface area contributed by atoms with Crippen LogP contribution in [0.2, 0.25) is 0 Å². The number of alkyl halides is 3. The first-order chi connectivity index (χ1) is 12.2. The summed E-state index contributed by atoms with van der Waals surface area (Å²) < 4.78 is 38.1. The maximum absolute atomic E-state index is 12.7. The van der Waals surface area contributed by atoms with Crippen LogP contribution in [-0.4, -0.2) is 17.1 Å². The molecule has 2 aromatic rings. The first kappa shape index (κ1) is 18.4. The van der Waals surface area contributed by atoms with Gasteiger partial charge in [0, 0.05) is 30.8 Å². The van der Waals surface area contributed by atoms with Crippen LogP contribution in [0.4, 0.5) is 13.2 Å². The second kappa shape index (κ2) is 7.07. The number of hydrogen-bond acceptors (Lipinski definition) is 3. The number of nitrogens with zero attached hydrogens (tertiary/aromatic N) is 1. The number of hydrogen-bond donors (Lipinski definition) is 2. The molecule has 0 bridgehead atoms. The second-order valence-electron chi connectivity index (χ2n) is 6.61. The first-order valence-corrected chi connectivity index (χ1v) is 8.41. The Morgan fingerprint density at radius 3 is 2.46 bits per heavy atom. The van der Waals surface area contributed by atoms with E-state index in [0.717, 1.165) is 28.8 Å². The minimum atomic E-state index is -4.34. The summed E-state index contributed by atoms with van der Waals surface area (Å²) in [5, 5.41) is 6.09. The molecule has 2 N–H and O–H groups in total. The highest BCUT2D eigenvalue weighted by atomic mass is 19.4. The number of aromatic nitrogens is 1. The number of benzene rings is 1. The third-order valence-corrected chi connectivity index (χ3v) is 4.64. The number of carbonyl (C=O) groups is 1. The topological polar surface area (TPSA) is 54.0 Å². The molecule has 26 heavy (non-hydrogen) atoms. The van der Waals surface area contributed by atoms with Crippen LogP contribution >= 0.6 is 0 Å². The van der Waals surface area contributed by atoms with Gasteiger partial charge < -0.3 is 5.32 Å². The van der Waals surface area contributed by atoms with E-state index in [0.29, 0.717) is 6.42 Å². The number of carbonyl (C=O) groups excluding carboxylic acids is 1. The van der Waals surface area contributed by atoms with Crippen LogP contribution in [0.5, 0.6) is 0 Å². The Balaban J connectivity index is 1.82. The zero-order valence-electron chi connectivity index (χ0n) is 14.5. The lowest BCUT2D eigenvalue weighted by molar-refractivity contribution is -0.137. The average molecular weight is 363 g/mol. The zero-order chi connectivity index (χ0) is 18.9. The number of amides is 1. The summed E-state index contributed by atoms with van der Waals surface area (Å²) in [7, 11) is 0. The quantitative estimate of drug-likeness (QED) is 0.873. The molecule has 1 aliphatic rings. The fourth-order valence-corrected chi connectivity index (χ4v) is 3.16. The van der Waals surface area contributed by atoms with E-state index in [1.807, 2.05) is 19.9 Å². The summed E-state index contributed by atoms with van der Waals surface area (Å²) in [6.07, 6.45) is -0.723. The molecule has 4 nitrogen and oxygen atoms in total. The maximum atomic E-state index is 12.7. The van der Waals surface area contributed by atoms with Gasteiger partial charge >= 0.3 is 6.18 Å². The number of pyridine rings is 1. The van der Waals surface area contributed by atoms with Crippen molar-refractivity contribution in [2.45, 2.75) is 44.6 Å². The lowest BCUT2D eigenvalue weighted by atomic mass is 9.91.